The van der Waals surface area contributed by atoms with Crippen LogP contribution in [0.5, 0.6) is 0 Å². The molecule has 3 rings (SSSR count). The van der Waals surface area contributed by atoms with Crippen LogP contribution in [0.1, 0.15) is 48.5 Å². The van der Waals surface area contributed by atoms with E-state index in [-0.39, 0.29) is 30.1 Å². The van der Waals surface area contributed by atoms with Crippen molar-refractivity contribution in [2.24, 2.45) is 5.92 Å². The number of nitrogens with zero attached hydrogens (tertiary/aromatic N) is 2. The predicted molar refractivity (Wildman–Crippen MR) is 114 cm³/mol. The third-order valence-corrected chi connectivity index (χ3v) is 5.59. The van der Waals surface area contributed by atoms with E-state index in [2.05, 4.69) is 13.8 Å². The van der Waals surface area contributed by atoms with Crippen molar-refractivity contribution in [1.82, 2.24) is 0 Å². The summed E-state index contributed by atoms with van der Waals surface area (Å²) in [6.45, 7) is 3.97. The lowest BCUT2D eigenvalue weighted by Crippen LogP contribution is -2.27. The number of nitro benzene ring substituents is 1. The van der Waals surface area contributed by atoms with Crippen LogP contribution < -0.4 is 4.90 Å². The minimum Gasteiger partial charge on any atom is -0.457 e. The molecule has 0 unspecified atom stereocenters. The Morgan fingerprint density at radius 1 is 1.16 bits per heavy atom. The number of nitro groups is 1. The molecule has 1 fully saturated rings. The van der Waals surface area contributed by atoms with Crippen LogP contribution >= 0.6 is 0 Å². The number of ketones is 1. The Hall–Kier alpha value is -3.55. The first-order valence-electron chi connectivity index (χ1n) is 10.1. The number of amides is 1. The summed E-state index contributed by atoms with van der Waals surface area (Å²) in [4.78, 5) is 48.7. The Labute approximate surface area is 180 Å². The van der Waals surface area contributed by atoms with E-state index in [9.17, 15) is 24.5 Å². The van der Waals surface area contributed by atoms with Gasteiger partial charge >= 0.3 is 5.97 Å². The number of esters is 1. The van der Waals surface area contributed by atoms with Crippen molar-refractivity contribution in [3.8, 4) is 0 Å². The van der Waals surface area contributed by atoms with Gasteiger partial charge < -0.3 is 9.64 Å². The molecule has 8 heteroatoms. The Bertz CT molecular complexity index is 984. The second-order valence-corrected chi connectivity index (χ2v) is 7.64. The molecule has 0 bridgehead atoms. The zero-order valence-corrected chi connectivity index (χ0v) is 17.4. The van der Waals surface area contributed by atoms with Gasteiger partial charge in [-0.25, -0.2) is 0 Å². The molecule has 1 amide bonds. The Balaban J connectivity index is 1.56. The van der Waals surface area contributed by atoms with Crippen LogP contribution in [-0.4, -0.2) is 35.7 Å². The fourth-order valence-corrected chi connectivity index (χ4v) is 3.44. The summed E-state index contributed by atoms with van der Waals surface area (Å²) in [5.74, 6) is -1.46. The van der Waals surface area contributed by atoms with Crippen molar-refractivity contribution in [2.75, 3.05) is 18.1 Å². The van der Waals surface area contributed by atoms with Crippen molar-refractivity contribution in [2.45, 2.75) is 32.6 Å². The van der Waals surface area contributed by atoms with E-state index in [0.29, 0.717) is 5.92 Å². The molecule has 2 aromatic carbocycles. The fourth-order valence-electron chi connectivity index (χ4n) is 3.44. The van der Waals surface area contributed by atoms with E-state index in [1.54, 1.807) is 4.90 Å². The second kappa shape index (κ2) is 9.51. The van der Waals surface area contributed by atoms with Crippen LogP contribution in [0.3, 0.4) is 0 Å². The van der Waals surface area contributed by atoms with Crippen LogP contribution in [0.4, 0.5) is 11.4 Å². The largest absolute Gasteiger partial charge is 0.457 e. The summed E-state index contributed by atoms with van der Waals surface area (Å²) in [5, 5.41) is 10.7. The highest BCUT2D eigenvalue weighted by Gasteiger charge is 2.36. The third kappa shape index (κ3) is 5.14. The first kappa shape index (κ1) is 22.1. The molecule has 162 valence electrons. The number of carbonyl (C=O) groups excluding carboxylic acids is 3. The molecule has 2 aromatic rings. The van der Waals surface area contributed by atoms with Crippen LogP contribution in [0.15, 0.2) is 48.5 Å². The van der Waals surface area contributed by atoms with Gasteiger partial charge in [-0.05, 0) is 42.2 Å². The number of hydrogen-bond donors (Lipinski definition) is 0. The normalized spacial score (nSPS) is 16.8. The van der Waals surface area contributed by atoms with Crippen LogP contribution in [0.2, 0.25) is 0 Å². The molecule has 1 aliphatic heterocycles. The Morgan fingerprint density at radius 3 is 2.39 bits per heavy atom. The SMILES string of the molecule is CC[C@@H](C)c1ccc(N2C[C@@H](C(=O)OCC(=O)c3ccc([N+](=O)[O-])cc3)CC2=O)cc1. The quantitative estimate of drug-likeness (QED) is 0.275. The van der Waals surface area contributed by atoms with Gasteiger partial charge in [-0.2, -0.15) is 0 Å². The summed E-state index contributed by atoms with van der Waals surface area (Å²) >= 11 is 0. The number of ether oxygens (including phenoxy) is 1. The maximum Gasteiger partial charge on any atom is 0.311 e. The maximum absolute atomic E-state index is 12.4. The zero-order valence-electron chi connectivity index (χ0n) is 17.4. The lowest BCUT2D eigenvalue weighted by atomic mass is 9.98. The molecule has 0 spiro atoms. The van der Waals surface area contributed by atoms with E-state index < -0.39 is 29.2 Å². The van der Waals surface area contributed by atoms with Crippen LogP contribution in [0, 0.1) is 16.0 Å². The highest BCUT2D eigenvalue weighted by atomic mass is 16.6. The van der Waals surface area contributed by atoms with Gasteiger partial charge in [0.1, 0.15) is 0 Å². The summed E-state index contributed by atoms with van der Waals surface area (Å²) in [7, 11) is 0. The number of Topliss-reactive ketones (excluding diaryl/α,β-unsaturated/α-hetero) is 1. The molecule has 1 aliphatic rings. The van der Waals surface area contributed by atoms with Gasteiger partial charge in [0.05, 0.1) is 10.8 Å². The van der Waals surface area contributed by atoms with Crippen molar-refractivity contribution < 1.29 is 24.0 Å². The average Bonchev–Trinajstić information content (AvgIpc) is 3.18. The van der Waals surface area contributed by atoms with E-state index in [1.165, 1.54) is 29.8 Å². The molecule has 8 nitrogen and oxygen atoms in total. The van der Waals surface area contributed by atoms with Gasteiger partial charge in [0.15, 0.2) is 12.4 Å². The van der Waals surface area contributed by atoms with Crippen LogP contribution in [-0.2, 0) is 14.3 Å². The second-order valence-electron chi connectivity index (χ2n) is 7.64. The van der Waals surface area contributed by atoms with Gasteiger partial charge in [-0.3, -0.25) is 24.5 Å². The highest BCUT2D eigenvalue weighted by molar-refractivity contribution is 6.01. The number of hydrogen-bond acceptors (Lipinski definition) is 6. The monoisotopic (exact) mass is 424 g/mol. The number of rotatable bonds is 8. The van der Waals surface area contributed by atoms with E-state index in [0.717, 1.165) is 12.1 Å². The Morgan fingerprint density at radius 2 is 1.81 bits per heavy atom. The van der Waals surface area contributed by atoms with Gasteiger partial charge in [-0.1, -0.05) is 26.0 Å². The molecular formula is C23H24N2O6. The Kier molecular flexibility index (Phi) is 6.79. The van der Waals surface area contributed by atoms with E-state index >= 15 is 0 Å². The molecule has 1 saturated heterocycles. The van der Waals surface area contributed by atoms with Crippen LogP contribution in [0.25, 0.3) is 0 Å². The van der Waals surface area contributed by atoms with Crippen molar-refractivity contribution >= 4 is 29.0 Å². The first-order chi connectivity index (χ1) is 14.8. The summed E-state index contributed by atoms with van der Waals surface area (Å²) < 4.78 is 5.12. The summed E-state index contributed by atoms with van der Waals surface area (Å²) in [6.07, 6.45) is 1.05. The standard InChI is InChI=1S/C23H24N2O6/c1-3-15(2)16-4-8-19(9-5-16)24-13-18(12-22(24)27)23(28)31-14-21(26)17-6-10-20(11-7-17)25(29)30/h4-11,15,18H,3,12-14H2,1-2H3/t15-,18+/m1/s1. The number of anilines is 1. The minimum absolute atomic E-state index is 0.0255. The molecule has 0 saturated carbocycles. The molecule has 1 heterocycles. The predicted octanol–water partition coefficient (Wildman–Crippen LogP) is 3.89. The molecule has 0 aromatic heterocycles. The first-order valence-corrected chi connectivity index (χ1v) is 10.1. The average molecular weight is 424 g/mol. The smallest absolute Gasteiger partial charge is 0.311 e. The zero-order chi connectivity index (χ0) is 22.5. The lowest BCUT2D eigenvalue weighted by Gasteiger charge is -2.18. The van der Waals surface area contributed by atoms with Gasteiger partial charge in [0, 0.05) is 36.3 Å². The molecule has 31 heavy (non-hydrogen) atoms. The topological polar surface area (TPSA) is 107 Å². The van der Waals surface area contributed by atoms with Crippen molar-refractivity contribution in [1.29, 1.82) is 0 Å². The molecule has 2 atom stereocenters. The maximum atomic E-state index is 12.4. The van der Waals surface area contributed by atoms with Crippen molar-refractivity contribution in [3.63, 3.8) is 0 Å². The lowest BCUT2D eigenvalue weighted by molar-refractivity contribution is -0.384. The van der Waals surface area contributed by atoms with E-state index in [1.807, 2.05) is 24.3 Å². The molecule has 0 radical (unpaired) electrons. The molecular weight excluding hydrogens is 400 g/mol. The minimum atomic E-state index is -0.647. The molecule has 0 aliphatic carbocycles. The number of benzene rings is 2. The summed E-state index contributed by atoms with van der Waals surface area (Å²) in [5.41, 5.74) is 2.01. The summed E-state index contributed by atoms with van der Waals surface area (Å²) in [6, 6.07) is 12.8. The number of non-ortho nitro benzene ring substituents is 1. The van der Waals surface area contributed by atoms with Gasteiger partial charge in [0.2, 0.25) is 5.91 Å². The van der Waals surface area contributed by atoms with Gasteiger partial charge in [-0.15, -0.1) is 0 Å². The molecule has 0 N–H and O–H groups in total. The third-order valence-electron chi connectivity index (χ3n) is 5.59. The van der Waals surface area contributed by atoms with E-state index in [4.69, 9.17) is 4.74 Å². The van der Waals surface area contributed by atoms with Crippen molar-refractivity contribution in [3.05, 3.63) is 69.8 Å². The number of carbonyl (C=O) groups is 3. The highest BCUT2D eigenvalue weighted by Crippen LogP contribution is 2.28. The van der Waals surface area contributed by atoms with Gasteiger partial charge in [0.25, 0.3) is 5.69 Å². The fraction of sp³-hybridized carbons (Fsp3) is 0.348.